The number of hydrogen-bond donors (Lipinski definition) is 0. The molecule has 0 N–H and O–H groups in total. The van der Waals surface area contributed by atoms with Crippen LogP contribution in [0.3, 0.4) is 0 Å². The summed E-state index contributed by atoms with van der Waals surface area (Å²) >= 11 is 0. The van der Waals surface area contributed by atoms with Gasteiger partial charge in [-0.25, -0.2) is 0 Å². The van der Waals surface area contributed by atoms with Gasteiger partial charge in [0.15, 0.2) is 11.5 Å². The van der Waals surface area contributed by atoms with Gasteiger partial charge in [-0.1, -0.05) is 13.8 Å². The van der Waals surface area contributed by atoms with Crippen molar-refractivity contribution in [3.63, 3.8) is 0 Å². The van der Waals surface area contributed by atoms with Crippen LogP contribution in [0.15, 0.2) is 36.4 Å². The lowest BCUT2D eigenvalue weighted by Gasteiger charge is -2.22. The van der Waals surface area contributed by atoms with E-state index in [0.29, 0.717) is 17.2 Å². The second-order valence-electron chi connectivity index (χ2n) is 4.64. The van der Waals surface area contributed by atoms with E-state index < -0.39 is 0 Å². The smallest absolute Gasteiger partial charge is 0.203 e. The van der Waals surface area contributed by atoms with E-state index in [1.807, 2.05) is 62.2 Å². The lowest BCUT2D eigenvalue weighted by molar-refractivity contribution is 0.324. The van der Waals surface area contributed by atoms with Gasteiger partial charge in [0.2, 0.25) is 5.75 Å². The number of anilines is 2. The molecular weight excluding hydrogens is 306 g/mol. The molecule has 0 fully saturated rings. The van der Waals surface area contributed by atoms with Crippen LogP contribution >= 0.6 is 0 Å². The fourth-order valence-electron chi connectivity index (χ4n) is 2.22. The Hall–Kier alpha value is -2.56. The van der Waals surface area contributed by atoms with Gasteiger partial charge in [0.1, 0.15) is 5.75 Å². The third kappa shape index (κ3) is 4.25. The minimum atomic E-state index is 0.580. The van der Waals surface area contributed by atoms with E-state index >= 15 is 0 Å². The maximum atomic E-state index is 5.39. The van der Waals surface area contributed by atoms with Crippen LogP contribution in [0.5, 0.6) is 23.0 Å². The zero-order valence-electron chi connectivity index (χ0n) is 15.5. The number of nitrogens with zero attached hydrogens (tertiary/aromatic N) is 1. The topological polar surface area (TPSA) is 40.2 Å². The molecule has 5 heteroatoms. The van der Waals surface area contributed by atoms with Crippen molar-refractivity contribution < 1.29 is 18.9 Å². The van der Waals surface area contributed by atoms with Crippen molar-refractivity contribution in [3.8, 4) is 23.0 Å². The highest BCUT2D eigenvalue weighted by atomic mass is 16.5. The normalized spacial score (nSPS) is 9.46. The summed E-state index contributed by atoms with van der Waals surface area (Å²) in [5.74, 6) is 2.65. The molecule has 24 heavy (non-hydrogen) atoms. The van der Waals surface area contributed by atoms with E-state index in [1.54, 1.807) is 28.4 Å². The summed E-state index contributed by atoms with van der Waals surface area (Å²) in [5, 5.41) is 0. The highest BCUT2D eigenvalue weighted by molar-refractivity contribution is 5.70. The zero-order chi connectivity index (χ0) is 18.1. The molecule has 0 radical (unpaired) electrons. The Kier molecular flexibility index (Phi) is 7.75. The summed E-state index contributed by atoms with van der Waals surface area (Å²) in [6, 6.07) is 11.6. The van der Waals surface area contributed by atoms with Crippen molar-refractivity contribution in [2.75, 3.05) is 40.4 Å². The molecule has 0 spiro atoms. The van der Waals surface area contributed by atoms with E-state index in [9.17, 15) is 0 Å². The van der Waals surface area contributed by atoms with Crippen molar-refractivity contribution in [2.24, 2.45) is 0 Å². The first kappa shape index (κ1) is 19.5. The molecule has 0 heterocycles. The molecule has 0 aliphatic carbocycles. The number of hydrogen-bond acceptors (Lipinski definition) is 5. The average Bonchev–Trinajstić information content (AvgIpc) is 2.67. The molecule has 0 atom stereocenters. The quantitative estimate of drug-likeness (QED) is 0.777. The molecule has 2 rings (SSSR count). The Labute approximate surface area is 144 Å². The van der Waals surface area contributed by atoms with Crippen LogP contribution in [0.4, 0.5) is 11.4 Å². The molecular formula is C19H27NO4. The van der Waals surface area contributed by atoms with Gasteiger partial charge in [-0.05, 0) is 24.3 Å². The molecule has 2 aromatic rings. The van der Waals surface area contributed by atoms with Gasteiger partial charge < -0.3 is 23.8 Å². The van der Waals surface area contributed by atoms with Gasteiger partial charge in [-0.3, -0.25) is 0 Å². The molecule has 0 saturated heterocycles. The summed E-state index contributed by atoms with van der Waals surface area (Å²) in [6.07, 6.45) is 0. The van der Waals surface area contributed by atoms with Crippen LogP contribution < -0.4 is 23.8 Å². The third-order valence-electron chi connectivity index (χ3n) is 3.50. The first-order chi connectivity index (χ1) is 11.6. The summed E-state index contributed by atoms with van der Waals surface area (Å²) in [7, 11) is 8.43. The summed E-state index contributed by atoms with van der Waals surface area (Å²) in [6.45, 7) is 4.00. The van der Waals surface area contributed by atoms with Crippen LogP contribution in [0.1, 0.15) is 13.8 Å². The number of rotatable bonds is 6. The second-order valence-corrected chi connectivity index (χ2v) is 4.64. The highest BCUT2D eigenvalue weighted by Crippen LogP contribution is 2.42. The molecule has 132 valence electrons. The summed E-state index contributed by atoms with van der Waals surface area (Å²) in [5.41, 5.74) is 1.95. The molecule has 0 aliphatic rings. The number of benzene rings is 2. The minimum absolute atomic E-state index is 0.580. The van der Waals surface area contributed by atoms with Crippen LogP contribution in [0.25, 0.3) is 0 Å². The van der Waals surface area contributed by atoms with Crippen LogP contribution in [0, 0.1) is 0 Å². The molecule has 0 aliphatic heterocycles. The fourth-order valence-corrected chi connectivity index (χ4v) is 2.22. The van der Waals surface area contributed by atoms with Crippen molar-refractivity contribution in [2.45, 2.75) is 13.8 Å². The van der Waals surface area contributed by atoms with Crippen molar-refractivity contribution in [3.05, 3.63) is 36.4 Å². The zero-order valence-corrected chi connectivity index (χ0v) is 15.5. The van der Waals surface area contributed by atoms with E-state index in [1.165, 1.54) is 0 Å². The molecule has 0 saturated carbocycles. The van der Waals surface area contributed by atoms with E-state index in [4.69, 9.17) is 18.9 Å². The fraction of sp³-hybridized carbons (Fsp3) is 0.368. The Bertz CT molecular complexity index is 601. The Morgan fingerprint density at radius 3 is 1.54 bits per heavy atom. The van der Waals surface area contributed by atoms with Crippen LogP contribution in [-0.2, 0) is 0 Å². The van der Waals surface area contributed by atoms with Gasteiger partial charge in [0, 0.05) is 30.6 Å². The van der Waals surface area contributed by atoms with Crippen molar-refractivity contribution in [1.29, 1.82) is 0 Å². The molecule has 0 aromatic heterocycles. The van der Waals surface area contributed by atoms with Crippen LogP contribution in [-0.4, -0.2) is 35.5 Å². The predicted octanol–water partition coefficient (Wildman–Crippen LogP) is 4.52. The van der Waals surface area contributed by atoms with E-state index in [0.717, 1.165) is 17.1 Å². The Morgan fingerprint density at radius 1 is 0.667 bits per heavy atom. The monoisotopic (exact) mass is 333 g/mol. The maximum Gasteiger partial charge on any atom is 0.203 e. The molecule has 5 nitrogen and oxygen atoms in total. The van der Waals surface area contributed by atoms with E-state index in [2.05, 4.69) is 0 Å². The highest BCUT2D eigenvalue weighted by Gasteiger charge is 2.15. The number of ether oxygens (including phenoxy) is 4. The van der Waals surface area contributed by atoms with Gasteiger partial charge in [0.05, 0.1) is 28.4 Å². The largest absolute Gasteiger partial charge is 0.497 e. The van der Waals surface area contributed by atoms with Crippen LogP contribution in [0.2, 0.25) is 0 Å². The third-order valence-corrected chi connectivity index (χ3v) is 3.50. The lowest BCUT2D eigenvalue weighted by Crippen LogP contribution is -2.10. The average molecular weight is 333 g/mol. The second kappa shape index (κ2) is 9.55. The number of methoxy groups -OCH3 is 4. The Morgan fingerprint density at radius 2 is 1.17 bits per heavy atom. The predicted molar refractivity (Wildman–Crippen MR) is 98.5 cm³/mol. The Balaban J connectivity index is 0.00000139. The van der Waals surface area contributed by atoms with Crippen molar-refractivity contribution >= 4 is 11.4 Å². The first-order valence-corrected chi connectivity index (χ1v) is 7.82. The van der Waals surface area contributed by atoms with E-state index in [-0.39, 0.29) is 0 Å². The van der Waals surface area contributed by atoms with Gasteiger partial charge in [-0.15, -0.1) is 0 Å². The molecule has 0 amide bonds. The minimum Gasteiger partial charge on any atom is -0.497 e. The molecule has 0 unspecified atom stereocenters. The van der Waals surface area contributed by atoms with Gasteiger partial charge in [0.25, 0.3) is 0 Å². The standard InChI is InChI=1S/C17H21NO4.C2H6/c1-18(12-6-8-14(19-2)9-7-12)13-10-15(20-3)17(22-5)16(11-13)21-4;1-2/h6-11H,1-5H3;1-2H3. The van der Waals surface area contributed by atoms with Crippen molar-refractivity contribution in [1.82, 2.24) is 0 Å². The lowest BCUT2D eigenvalue weighted by atomic mass is 10.2. The van der Waals surface area contributed by atoms with Gasteiger partial charge >= 0.3 is 0 Å². The maximum absolute atomic E-state index is 5.39. The van der Waals surface area contributed by atoms with Gasteiger partial charge in [-0.2, -0.15) is 0 Å². The molecule has 2 aromatic carbocycles. The first-order valence-electron chi connectivity index (χ1n) is 7.82. The summed E-state index contributed by atoms with van der Waals surface area (Å²) < 4.78 is 21.3. The summed E-state index contributed by atoms with van der Waals surface area (Å²) in [4.78, 5) is 2.03. The molecule has 0 bridgehead atoms. The SMILES string of the molecule is CC.COc1ccc(N(C)c2cc(OC)c(OC)c(OC)c2)cc1.